The maximum Gasteiger partial charge on any atom is 0.271 e. The van der Waals surface area contributed by atoms with Crippen molar-refractivity contribution in [2.24, 2.45) is 0 Å². The maximum atomic E-state index is 12.2. The van der Waals surface area contributed by atoms with Crippen LogP contribution in [0.2, 0.25) is 0 Å². The highest BCUT2D eigenvalue weighted by molar-refractivity contribution is 7.89. The van der Waals surface area contributed by atoms with E-state index in [0.717, 1.165) is 18.2 Å². The normalized spacial score (nSPS) is 13.0. The minimum atomic E-state index is -3.92. The number of anilines is 1. The van der Waals surface area contributed by atoms with Crippen molar-refractivity contribution in [1.29, 1.82) is 0 Å². The van der Waals surface area contributed by atoms with Gasteiger partial charge in [0.25, 0.3) is 5.69 Å². The number of benzene rings is 1. The van der Waals surface area contributed by atoms with Crippen molar-refractivity contribution < 1.29 is 17.8 Å². The monoisotopic (exact) mass is 311 g/mol. The quantitative estimate of drug-likeness (QED) is 0.492. The van der Waals surface area contributed by atoms with E-state index in [2.05, 4.69) is 4.72 Å². The summed E-state index contributed by atoms with van der Waals surface area (Å²) in [5.74, 6) is 0.444. The summed E-state index contributed by atoms with van der Waals surface area (Å²) in [4.78, 5) is 9.76. The molecule has 0 fully saturated rings. The van der Waals surface area contributed by atoms with E-state index >= 15 is 0 Å². The topological polar surface area (TPSA) is 128 Å². The number of nitrogens with zero attached hydrogens (tertiary/aromatic N) is 1. The second-order valence-corrected chi connectivity index (χ2v) is 6.02. The number of non-ortho nitro benzene ring substituents is 1. The summed E-state index contributed by atoms with van der Waals surface area (Å²) in [6, 6.07) is 5.87. The highest BCUT2D eigenvalue weighted by Gasteiger charge is 2.23. The smallest absolute Gasteiger partial charge is 0.271 e. The lowest BCUT2D eigenvalue weighted by atomic mass is 10.3. The van der Waals surface area contributed by atoms with Crippen LogP contribution in [-0.4, -0.2) is 13.3 Å². The third kappa shape index (κ3) is 3.20. The van der Waals surface area contributed by atoms with Gasteiger partial charge in [-0.15, -0.1) is 0 Å². The van der Waals surface area contributed by atoms with Crippen LogP contribution in [0, 0.1) is 10.1 Å². The van der Waals surface area contributed by atoms with E-state index in [1.54, 1.807) is 19.1 Å². The van der Waals surface area contributed by atoms with Crippen LogP contribution in [0.4, 0.5) is 11.4 Å². The minimum absolute atomic E-state index is 0.191. The van der Waals surface area contributed by atoms with Gasteiger partial charge >= 0.3 is 0 Å². The number of hydrogen-bond acceptors (Lipinski definition) is 6. The summed E-state index contributed by atoms with van der Waals surface area (Å²) >= 11 is 0. The Morgan fingerprint density at radius 3 is 2.62 bits per heavy atom. The van der Waals surface area contributed by atoms with Crippen molar-refractivity contribution in [1.82, 2.24) is 4.72 Å². The van der Waals surface area contributed by atoms with Gasteiger partial charge in [-0.2, -0.15) is 0 Å². The van der Waals surface area contributed by atoms with E-state index in [1.165, 1.54) is 6.26 Å². The van der Waals surface area contributed by atoms with Gasteiger partial charge in [0, 0.05) is 12.1 Å². The van der Waals surface area contributed by atoms with Crippen LogP contribution in [0.5, 0.6) is 0 Å². The molecule has 112 valence electrons. The molecule has 1 unspecified atom stereocenters. The summed E-state index contributed by atoms with van der Waals surface area (Å²) in [6.07, 6.45) is 1.43. The largest absolute Gasteiger partial charge is 0.468 e. The van der Waals surface area contributed by atoms with Gasteiger partial charge in [-0.25, -0.2) is 13.1 Å². The standard InChI is InChI=1S/C12H13N3O5S/c1-8(11-3-2-6-20-11)14-21(18,19)12-5-4-9(15(16)17)7-10(12)13/h2-8,14H,13H2,1H3. The molecular weight excluding hydrogens is 298 g/mol. The van der Waals surface area contributed by atoms with Crippen molar-refractivity contribution in [3.63, 3.8) is 0 Å². The Kier molecular flexibility index (Phi) is 3.96. The third-order valence-corrected chi connectivity index (χ3v) is 4.41. The van der Waals surface area contributed by atoms with Crippen LogP contribution >= 0.6 is 0 Å². The van der Waals surface area contributed by atoms with Gasteiger partial charge in [-0.1, -0.05) is 0 Å². The van der Waals surface area contributed by atoms with Crippen LogP contribution in [-0.2, 0) is 10.0 Å². The van der Waals surface area contributed by atoms with Crippen LogP contribution in [0.1, 0.15) is 18.7 Å². The van der Waals surface area contributed by atoms with Crippen molar-refractivity contribution in [3.8, 4) is 0 Å². The first kappa shape index (κ1) is 15.0. The molecule has 1 aromatic heterocycles. The van der Waals surface area contributed by atoms with Gasteiger partial charge in [0.2, 0.25) is 10.0 Å². The Hall–Kier alpha value is -2.39. The van der Waals surface area contributed by atoms with E-state index < -0.39 is 21.0 Å². The first-order valence-electron chi connectivity index (χ1n) is 5.91. The summed E-state index contributed by atoms with van der Waals surface area (Å²) in [6.45, 7) is 1.61. The molecule has 0 saturated carbocycles. The minimum Gasteiger partial charge on any atom is -0.468 e. The highest BCUT2D eigenvalue weighted by Crippen LogP contribution is 2.25. The van der Waals surface area contributed by atoms with Crippen LogP contribution < -0.4 is 10.5 Å². The fourth-order valence-corrected chi connectivity index (χ4v) is 3.11. The number of furan rings is 1. The molecule has 0 radical (unpaired) electrons. The molecule has 21 heavy (non-hydrogen) atoms. The molecule has 0 bridgehead atoms. The fraction of sp³-hybridized carbons (Fsp3) is 0.167. The molecule has 0 aliphatic carbocycles. The van der Waals surface area contributed by atoms with Crippen molar-refractivity contribution >= 4 is 21.4 Å². The Labute approximate surface area is 120 Å². The van der Waals surface area contributed by atoms with Gasteiger partial charge < -0.3 is 10.2 Å². The zero-order valence-electron chi connectivity index (χ0n) is 11.0. The fourth-order valence-electron chi connectivity index (χ4n) is 1.79. The SMILES string of the molecule is CC(NS(=O)(=O)c1ccc([N+](=O)[O-])cc1N)c1ccco1. The summed E-state index contributed by atoms with van der Waals surface area (Å²) in [5, 5.41) is 10.6. The zero-order chi connectivity index (χ0) is 15.6. The molecule has 0 spiro atoms. The molecule has 0 saturated heterocycles. The van der Waals surface area contributed by atoms with Gasteiger partial charge in [-0.05, 0) is 25.1 Å². The number of sulfonamides is 1. The van der Waals surface area contributed by atoms with Crippen molar-refractivity contribution in [3.05, 3.63) is 52.5 Å². The Morgan fingerprint density at radius 2 is 2.10 bits per heavy atom. The van der Waals surface area contributed by atoms with Gasteiger partial charge in [0.05, 0.1) is 22.9 Å². The summed E-state index contributed by atoms with van der Waals surface area (Å²) in [5.41, 5.74) is 5.13. The molecule has 9 heteroatoms. The van der Waals surface area contributed by atoms with Gasteiger partial charge in [-0.3, -0.25) is 10.1 Å². The molecule has 2 aromatic rings. The lowest BCUT2D eigenvalue weighted by molar-refractivity contribution is -0.384. The molecule has 8 nitrogen and oxygen atoms in total. The predicted molar refractivity (Wildman–Crippen MR) is 75.0 cm³/mol. The third-order valence-electron chi connectivity index (χ3n) is 2.80. The second-order valence-electron chi connectivity index (χ2n) is 4.34. The lowest BCUT2D eigenvalue weighted by Crippen LogP contribution is -2.27. The number of nitrogens with two attached hydrogens (primary N) is 1. The van der Waals surface area contributed by atoms with Gasteiger partial charge in [0.1, 0.15) is 10.7 Å². The van der Waals surface area contributed by atoms with E-state index in [9.17, 15) is 18.5 Å². The number of nitrogen functional groups attached to an aromatic ring is 1. The molecule has 1 heterocycles. The lowest BCUT2D eigenvalue weighted by Gasteiger charge is -2.13. The zero-order valence-corrected chi connectivity index (χ0v) is 11.8. The first-order chi connectivity index (χ1) is 9.81. The number of nitro benzene ring substituents is 1. The average molecular weight is 311 g/mol. The van der Waals surface area contributed by atoms with Crippen molar-refractivity contribution in [2.75, 3.05) is 5.73 Å². The van der Waals surface area contributed by atoms with Crippen molar-refractivity contribution in [2.45, 2.75) is 17.9 Å². The van der Waals surface area contributed by atoms with Crippen LogP contribution in [0.15, 0.2) is 45.9 Å². The Balaban J connectivity index is 2.29. The average Bonchev–Trinajstić information content (AvgIpc) is 2.91. The Bertz CT molecular complexity index is 755. The Morgan fingerprint density at radius 1 is 1.38 bits per heavy atom. The van der Waals surface area contributed by atoms with E-state index in [-0.39, 0.29) is 16.3 Å². The van der Waals surface area contributed by atoms with Gasteiger partial charge in [0.15, 0.2) is 0 Å². The summed E-state index contributed by atoms with van der Waals surface area (Å²) in [7, 11) is -3.92. The second kappa shape index (κ2) is 5.54. The molecule has 0 aliphatic heterocycles. The molecule has 1 aromatic carbocycles. The molecule has 1 atom stereocenters. The van der Waals surface area contributed by atoms with Crippen LogP contribution in [0.25, 0.3) is 0 Å². The van der Waals surface area contributed by atoms with Crippen LogP contribution in [0.3, 0.4) is 0 Å². The predicted octanol–water partition coefficient (Wildman–Crippen LogP) is 1.81. The van der Waals surface area contributed by atoms with E-state index in [4.69, 9.17) is 10.2 Å². The molecule has 3 N–H and O–H groups in total. The first-order valence-corrected chi connectivity index (χ1v) is 7.39. The maximum absolute atomic E-state index is 12.2. The molecule has 2 rings (SSSR count). The van der Waals surface area contributed by atoms with E-state index in [1.807, 2.05) is 0 Å². The number of rotatable bonds is 5. The molecule has 0 aliphatic rings. The number of nitro groups is 1. The van der Waals surface area contributed by atoms with E-state index in [0.29, 0.717) is 5.76 Å². The molecular formula is C12H13N3O5S. The number of nitrogens with one attached hydrogen (secondary N) is 1. The molecule has 0 amide bonds. The highest BCUT2D eigenvalue weighted by atomic mass is 32.2. The number of hydrogen-bond donors (Lipinski definition) is 2. The summed E-state index contributed by atoms with van der Waals surface area (Å²) < 4.78 is 32.0.